The van der Waals surface area contributed by atoms with Gasteiger partial charge in [-0.15, -0.1) is 0 Å². The van der Waals surface area contributed by atoms with E-state index in [1.54, 1.807) is 6.20 Å². The monoisotopic (exact) mass is 403 g/mol. The van der Waals surface area contributed by atoms with Crippen LogP contribution in [-0.2, 0) is 6.54 Å². The summed E-state index contributed by atoms with van der Waals surface area (Å²) in [4.78, 5) is 0. The molecule has 0 saturated heterocycles. The molecule has 1 aromatic heterocycles. The van der Waals surface area contributed by atoms with Crippen molar-refractivity contribution < 1.29 is 13.2 Å². The van der Waals surface area contributed by atoms with E-state index >= 15 is 0 Å². The highest BCUT2D eigenvalue weighted by atomic mass is 127. The molecule has 1 nitrogen and oxygen atoms in total. The lowest BCUT2D eigenvalue weighted by Crippen LogP contribution is -2.05. The molecule has 0 aliphatic carbocycles. The zero-order valence-corrected chi connectivity index (χ0v) is 11.6. The zero-order valence-electron chi connectivity index (χ0n) is 7.85. The van der Waals surface area contributed by atoms with Gasteiger partial charge in [0.1, 0.15) is 5.82 Å². The van der Waals surface area contributed by atoms with E-state index in [2.05, 4.69) is 15.9 Å². The van der Waals surface area contributed by atoms with Gasteiger partial charge < -0.3 is 4.57 Å². The number of rotatable bonds is 2. The van der Waals surface area contributed by atoms with E-state index in [1.807, 2.05) is 22.6 Å². The summed E-state index contributed by atoms with van der Waals surface area (Å²) in [7, 11) is 0. The average molecular weight is 404 g/mol. The topological polar surface area (TPSA) is 4.93 Å². The number of hydrogen-bond acceptors (Lipinski definition) is 0. The highest BCUT2D eigenvalue weighted by Crippen LogP contribution is 2.30. The summed E-state index contributed by atoms with van der Waals surface area (Å²) in [5.41, 5.74) is 0.603. The number of nitrogens with zero attached hydrogens (tertiary/aromatic N) is 1. The van der Waals surface area contributed by atoms with Gasteiger partial charge in [0.05, 0.1) is 12.1 Å². The zero-order chi connectivity index (χ0) is 11.9. The number of halogens is 5. The lowest BCUT2D eigenvalue weighted by atomic mass is 10.2. The summed E-state index contributed by atoms with van der Waals surface area (Å²) in [5, 5.41) is 0.646. The molecule has 0 amide bonds. The lowest BCUT2D eigenvalue weighted by Gasteiger charge is -2.05. The Morgan fingerprint density at radius 2 is 2.06 bits per heavy atom. The van der Waals surface area contributed by atoms with Crippen LogP contribution < -0.4 is 0 Å². The summed E-state index contributed by atoms with van der Waals surface area (Å²) in [6.07, 6.45) is -0.829. The molecule has 0 fully saturated rings. The number of alkyl halides is 2. The minimum absolute atomic E-state index is 0.382. The smallest absolute Gasteiger partial charge is 0.256 e. The van der Waals surface area contributed by atoms with E-state index in [4.69, 9.17) is 0 Å². The molecule has 0 saturated carbocycles. The second-order valence-electron chi connectivity index (χ2n) is 3.30. The summed E-state index contributed by atoms with van der Waals surface area (Å²) in [6.45, 7) is -0.385. The summed E-state index contributed by atoms with van der Waals surface area (Å²) in [6, 6.07) is 2.63. The minimum atomic E-state index is -2.43. The standard InChI is InChI=1S/C10H6BrF3IN/c11-7-2-5(12)1-6-8(15)3-16(10(6)7)4-9(13)14/h1-3,9H,4H2. The Morgan fingerprint density at radius 3 is 2.69 bits per heavy atom. The summed E-state index contributed by atoms with van der Waals surface area (Å²) >= 11 is 5.20. The van der Waals surface area contributed by atoms with Crippen molar-refractivity contribution in [1.29, 1.82) is 0 Å². The highest BCUT2D eigenvalue weighted by molar-refractivity contribution is 14.1. The fraction of sp³-hybridized carbons (Fsp3) is 0.200. The van der Waals surface area contributed by atoms with Crippen LogP contribution in [0.1, 0.15) is 0 Å². The second-order valence-corrected chi connectivity index (χ2v) is 5.32. The van der Waals surface area contributed by atoms with Gasteiger partial charge >= 0.3 is 0 Å². The maximum Gasteiger partial charge on any atom is 0.256 e. The lowest BCUT2D eigenvalue weighted by molar-refractivity contribution is 0.128. The first-order chi connectivity index (χ1) is 7.49. The highest BCUT2D eigenvalue weighted by Gasteiger charge is 2.14. The van der Waals surface area contributed by atoms with Crippen LogP contribution in [0.25, 0.3) is 10.9 Å². The van der Waals surface area contributed by atoms with Crippen LogP contribution in [0.5, 0.6) is 0 Å². The normalized spacial score (nSPS) is 11.6. The van der Waals surface area contributed by atoms with Crippen molar-refractivity contribution in [2.24, 2.45) is 0 Å². The summed E-state index contributed by atoms with van der Waals surface area (Å²) in [5.74, 6) is -0.382. The van der Waals surface area contributed by atoms with Crippen molar-refractivity contribution >= 4 is 49.4 Å². The van der Waals surface area contributed by atoms with Gasteiger partial charge in [-0.2, -0.15) is 0 Å². The molecule has 86 valence electrons. The van der Waals surface area contributed by atoms with Gasteiger partial charge in [-0.3, -0.25) is 0 Å². The molecule has 1 aromatic carbocycles. The molecule has 2 rings (SSSR count). The maximum absolute atomic E-state index is 13.2. The van der Waals surface area contributed by atoms with Gasteiger partial charge in [0.15, 0.2) is 0 Å². The van der Waals surface area contributed by atoms with Crippen molar-refractivity contribution in [2.75, 3.05) is 0 Å². The van der Waals surface area contributed by atoms with Crippen molar-refractivity contribution in [1.82, 2.24) is 4.57 Å². The summed E-state index contributed by atoms with van der Waals surface area (Å²) < 4.78 is 40.6. The van der Waals surface area contributed by atoms with E-state index in [1.165, 1.54) is 16.7 Å². The number of aromatic nitrogens is 1. The Balaban J connectivity index is 2.68. The first-order valence-corrected chi connectivity index (χ1v) is 6.27. The molecule has 0 bridgehead atoms. The van der Waals surface area contributed by atoms with Crippen LogP contribution in [0.15, 0.2) is 22.8 Å². The van der Waals surface area contributed by atoms with E-state index in [9.17, 15) is 13.2 Å². The van der Waals surface area contributed by atoms with Gasteiger partial charge in [-0.1, -0.05) is 0 Å². The van der Waals surface area contributed by atoms with Crippen LogP contribution in [0.3, 0.4) is 0 Å². The fourth-order valence-corrected chi connectivity index (χ4v) is 3.01. The molecular weight excluding hydrogens is 398 g/mol. The SMILES string of the molecule is Fc1cc(Br)c2c(c1)c(I)cn2CC(F)F. The Labute approximate surface area is 112 Å². The Hall–Kier alpha value is -0.240. The van der Waals surface area contributed by atoms with Gasteiger partial charge in [0.25, 0.3) is 6.43 Å². The fourth-order valence-electron chi connectivity index (χ4n) is 1.60. The van der Waals surface area contributed by atoms with E-state index in [0.717, 1.165) is 3.57 Å². The van der Waals surface area contributed by atoms with Crippen molar-refractivity contribution in [2.45, 2.75) is 13.0 Å². The second kappa shape index (κ2) is 4.56. The predicted molar refractivity (Wildman–Crippen MR) is 68.3 cm³/mol. The molecule has 16 heavy (non-hydrogen) atoms. The van der Waals surface area contributed by atoms with Gasteiger partial charge in [0.2, 0.25) is 0 Å². The van der Waals surface area contributed by atoms with Crippen LogP contribution in [0.4, 0.5) is 13.2 Å². The molecule has 0 radical (unpaired) electrons. The maximum atomic E-state index is 13.2. The van der Waals surface area contributed by atoms with Crippen LogP contribution in [0, 0.1) is 9.39 Å². The molecule has 0 unspecified atom stereocenters. The first kappa shape index (κ1) is 12.2. The van der Waals surface area contributed by atoms with E-state index in [0.29, 0.717) is 15.4 Å². The molecule has 0 atom stereocenters. The Morgan fingerprint density at radius 1 is 1.38 bits per heavy atom. The molecule has 0 aliphatic rings. The van der Waals surface area contributed by atoms with Crippen LogP contribution >= 0.6 is 38.5 Å². The first-order valence-electron chi connectivity index (χ1n) is 4.40. The molecule has 0 spiro atoms. The Bertz CT molecular complexity index is 538. The molecule has 1 heterocycles. The third-order valence-electron chi connectivity index (χ3n) is 2.18. The van der Waals surface area contributed by atoms with Gasteiger partial charge in [-0.25, -0.2) is 13.2 Å². The van der Waals surface area contributed by atoms with Gasteiger partial charge in [0, 0.05) is 19.6 Å². The third kappa shape index (κ3) is 2.22. The minimum Gasteiger partial charge on any atom is -0.340 e. The largest absolute Gasteiger partial charge is 0.340 e. The number of hydrogen-bond donors (Lipinski definition) is 0. The van der Waals surface area contributed by atoms with Crippen molar-refractivity contribution in [3.63, 3.8) is 0 Å². The van der Waals surface area contributed by atoms with E-state index in [-0.39, 0.29) is 12.4 Å². The molecule has 0 N–H and O–H groups in total. The number of fused-ring (bicyclic) bond motifs is 1. The quantitative estimate of drug-likeness (QED) is 0.654. The van der Waals surface area contributed by atoms with Crippen molar-refractivity contribution in [3.8, 4) is 0 Å². The van der Waals surface area contributed by atoms with E-state index < -0.39 is 6.43 Å². The predicted octanol–water partition coefficient (Wildman–Crippen LogP) is 4.41. The van der Waals surface area contributed by atoms with Crippen LogP contribution in [0.2, 0.25) is 0 Å². The molecule has 0 aliphatic heterocycles. The van der Waals surface area contributed by atoms with Crippen LogP contribution in [-0.4, -0.2) is 11.0 Å². The molecule has 2 aromatic rings. The molecule has 6 heteroatoms. The Kier molecular flexibility index (Phi) is 3.48. The van der Waals surface area contributed by atoms with Gasteiger partial charge in [-0.05, 0) is 50.7 Å². The molecular formula is C10H6BrF3IN. The average Bonchev–Trinajstić information content (AvgIpc) is 2.42. The number of benzene rings is 1. The van der Waals surface area contributed by atoms with Crippen molar-refractivity contribution in [3.05, 3.63) is 32.2 Å². The third-order valence-corrected chi connectivity index (χ3v) is 3.64.